The third kappa shape index (κ3) is 2.79. The molecule has 0 aliphatic carbocycles. The van der Waals surface area contributed by atoms with Crippen molar-refractivity contribution in [3.8, 4) is 5.75 Å². The molecule has 0 unspecified atom stereocenters. The Labute approximate surface area is 107 Å². The van der Waals surface area contributed by atoms with Crippen LogP contribution in [0.2, 0.25) is 0 Å². The first kappa shape index (κ1) is 12.8. The average molecular weight is 245 g/mol. The SMILES string of the molecule is CCC(O)(CC)COc1ccc2cccnc2c1. The Hall–Kier alpha value is -1.61. The number of hydrogen-bond acceptors (Lipinski definition) is 3. The summed E-state index contributed by atoms with van der Waals surface area (Å²) in [7, 11) is 0. The lowest BCUT2D eigenvalue weighted by Crippen LogP contribution is -2.34. The molecule has 3 heteroatoms. The maximum Gasteiger partial charge on any atom is 0.121 e. The van der Waals surface area contributed by atoms with Crippen molar-refractivity contribution in [3.63, 3.8) is 0 Å². The zero-order chi connectivity index (χ0) is 13.0. The fourth-order valence-electron chi connectivity index (χ4n) is 1.81. The first-order valence-electron chi connectivity index (χ1n) is 6.37. The van der Waals surface area contributed by atoms with E-state index >= 15 is 0 Å². The lowest BCUT2D eigenvalue weighted by atomic mass is 9.99. The van der Waals surface area contributed by atoms with Gasteiger partial charge in [0.2, 0.25) is 0 Å². The van der Waals surface area contributed by atoms with Crippen LogP contribution in [-0.2, 0) is 0 Å². The molecule has 0 aliphatic heterocycles. The molecule has 0 spiro atoms. The molecular formula is C15H19NO2. The molecular weight excluding hydrogens is 226 g/mol. The summed E-state index contributed by atoms with van der Waals surface area (Å²) in [5.41, 5.74) is 0.172. The minimum Gasteiger partial charge on any atom is -0.491 e. The number of benzene rings is 1. The van der Waals surface area contributed by atoms with Crippen molar-refractivity contribution in [2.45, 2.75) is 32.3 Å². The summed E-state index contributed by atoms with van der Waals surface area (Å²) >= 11 is 0. The van der Waals surface area contributed by atoms with Crippen molar-refractivity contribution >= 4 is 10.9 Å². The Balaban J connectivity index is 2.12. The average Bonchev–Trinajstić information content (AvgIpc) is 2.44. The minimum atomic E-state index is -0.737. The number of ether oxygens (including phenoxy) is 1. The Kier molecular flexibility index (Phi) is 3.82. The van der Waals surface area contributed by atoms with Crippen molar-refractivity contribution in [1.29, 1.82) is 0 Å². The van der Waals surface area contributed by atoms with Gasteiger partial charge in [0.25, 0.3) is 0 Å². The lowest BCUT2D eigenvalue weighted by molar-refractivity contribution is -0.0113. The van der Waals surface area contributed by atoms with Gasteiger partial charge in [0.15, 0.2) is 0 Å². The number of hydrogen-bond donors (Lipinski definition) is 1. The fraction of sp³-hybridized carbons (Fsp3) is 0.400. The molecule has 0 radical (unpaired) electrons. The molecule has 0 aliphatic rings. The number of fused-ring (bicyclic) bond motifs is 1. The molecule has 18 heavy (non-hydrogen) atoms. The largest absolute Gasteiger partial charge is 0.491 e. The molecule has 0 saturated heterocycles. The lowest BCUT2D eigenvalue weighted by Gasteiger charge is -2.25. The summed E-state index contributed by atoms with van der Waals surface area (Å²) < 4.78 is 5.67. The van der Waals surface area contributed by atoms with Crippen LogP contribution in [0.3, 0.4) is 0 Å². The van der Waals surface area contributed by atoms with Crippen LogP contribution in [-0.4, -0.2) is 22.3 Å². The first-order valence-corrected chi connectivity index (χ1v) is 6.37. The minimum absolute atomic E-state index is 0.318. The molecule has 0 atom stereocenters. The summed E-state index contributed by atoms with van der Waals surface area (Å²) in [6.07, 6.45) is 3.14. The van der Waals surface area contributed by atoms with Gasteiger partial charge in [0, 0.05) is 17.6 Å². The summed E-state index contributed by atoms with van der Waals surface area (Å²) in [4.78, 5) is 4.28. The summed E-state index contributed by atoms with van der Waals surface area (Å²) in [6.45, 7) is 4.25. The molecule has 1 aromatic carbocycles. The highest BCUT2D eigenvalue weighted by Crippen LogP contribution is 2.21. The van der Waals surface area contributed by atoms with Crippen molar-refractivity contribution in [2.75, 3.05) is 6.61 Å². The van der Waals surface area contributed by atoms with Crippen LogP contribution < -0.4 is 4.74 Å². The molecule has 2 aromatic rings. The van der Waals surface area contributed by atoms with Crippen molar-refractivity contribution in [1.82, 2.24) is 4.98 Å². The van der Waals surface area contributed by atoms with Gasteiger partial charge in [0.1, 0.15) is 12.4 Å². The molecule has 96 valence electrons. The molecule has 1 N–H and O–H groups in total. The van der Waals surface area contributed by atoms with Gasteiger partial charge in [-0.25, -0.2) is 0 Å². The Bertz CT molecular complexity index is 521. The third-order valence-corrected chi connectivity index (χ3v) is 3.40. The number of nitrogens with zero attached hydrogens (tertiary/aromatic N) is 1. The molecule has 3 nitrogen and oxygen atoms in total. The first-order chi connectivity index (χ1) is 8.67. The van der Waals surface area contributed by atoms with E-state index in [1.165, 1.54) is 0 Å². The van der Waals surface area contributed by atoms with Gasteiger partial charge in [0.05, 0.1) is 11.1 Å². The summed E-state index contributed by atoms with van der Waals surface area (Å²) in [5.74, 6) is 0.751. The number of aromatic nitrogens is 1. The molecule has 0 bridgehead atoms. The van der Waals surface area contributed by atoms with Crippen LogP contribution in [0.15, 0.2) is 36.5 Å². The monoisotopic (exact) mass is 245 g/mol. The normalized spacial score (nSPS) is 11.7. The van der Waals surface area contributed by atoms with Crippen LogP contribution in [0.5, 0.6) is 5.75 Å². The van der Waals surface area contributed by atoms with Crippen molar-refractivity contribution < 1.29 is 9.84 Å². The van der Waals surface area contributed by atoms with Gasteiger partial charge in [-0.2, -0.15) is 0 Å². The summed E-state index contributed by atoms with van der Waals surface area (Å²) in [5, 5.41) is 11.3. The van der Waals surface area contributed by atoms with Crippen LogP contribution in [0.1, 0.15) is 26.7 Å². The topological polar surface area (TPSA) is 42.4 Å². The molecule has 0 fully saturated rings. The second-order valence-corrected chi connectivity index (χ2v) is 4.58. The summed E-state index contributed by atoms with van der Waals surface area (Å²) in [6, 6.07) is 9.72. The van der Waals surface area contributed by atoms with E-state index in [-0.39, 0.29) is 0 Å². The zero-order valence-corrected chi connectivity index (χ0v) is 10.9. The second-order valence-electron chi connectivity index (χ2n) is 4.58. The van der Waals surface area contributed by atoms with Crippen LogP contribution >= 0.6 is 0 Å². The quantitative estimate of drug-likeness (QED) is 0.879. The van der Waals surface area contributed by atoms with Gasteiger partial charge in [-0.15, -0.1) is 0 Å². The van der Waals surface area contributed by atoms with E-state index in [4.69, 9.17) is 4.74 Å². The maximum absolute atomic E-state index is 10.2. The van der Waals surface area contributed by atoms with E-state index < -0.39 is 5.60 Å². The van der Waals surface area contributed by atoms with Crippen LogP contribution in [0.25, 0.3) is 10.9 Å². The third-order valence-electron chi connectivity index (χ3n) is 3.40. The molecule has 0 amide bonds. The Morgan fingerprint density at radius 2 is 2.00 bits per heavy atom. The van der Waals surface area contributed by atoms with E-state index in [9.17, 15) is 5.11 Å². The Morgan fingerprint density at radius 1 is 1.22 bits per heavy atom. The number of rotatable bonds is 5. The Morgan fingerprint density at radius 3 is 2.72 bits per heavy atom. The van der Waals surface area contributed by atoms with E-state index in [0.29, 0.717) is 19.4 Å². The number of aliphatic hydroxyl groups is 1. The van der Waals surface area contributed by atoms with Gasteiger partial charge < -0.3 is 9.84 Å². The zero-order valence-electron chi connectivity index (χ0n) is 10.9. The van der Waals surface area contributed by atoms with E-state index in [2.05, 4.69) is 4.98 Å². The molecule has 2 rings (SSSR count). The molecule has 1 aromatic heterocycles. The van der Waals surface area contributed by atoms with E-state index in [0.717, 1.165) is 16.7 Å². The number of pyridine rings is 1. The predicted molar refractivity (Wildman–Crippen MR) is 72.8 cm³/mol. The maximum atomic E-state index is 10.2. The van der Waals surface area contributed by atoms with Gasteiger partial charge in [-0.05, 0) is 31.0 Å². The predicted octanol–water partition coefficient (Wildman–Crippen LogP) is 3.16. The van der Waals surface area contributed by atoms with Crippen molar-refractivity contribution in [2.24, 2.45) is 0 Å². The van der Waals surface area contributed by atoms with Gasteiger partial charge in [-0.3, -0.25) is 4.98 Å². The van der Waals surface area contributed by atoms with Gasteiger partial charge >= 0.3 is 0 Å². The van der Waals surface area contributed by atoms with Crippen LogP contribution in [0.4, 0.5) is 0 Å². The van der Waals surface area contributed by atoms with Crippen molar-refractivity contribution in [3.05, 3.63) is 36.5 Å². The second kappa shape index (κ2) is 5.36. The molecule has 1 heterocycles. The van der Waals surface area contributed by atoms with E-state index in [1.54, 1.807) is 6.20 Å². The van der Waals surface area contributed by atoms with Crippen LogP contribution in [0, 0.1) is 0 Å². The molecule has 0 saturated carbocycles. The van der Waals surface area contributed by atoms with Gasteiger partial charge in [-0.1, -0.05) is 19.9 Å². The highest BCUT2D eigenvalue weighted by atomic mass is 16.5. The van der Waals surface area contributed by atoms with E-state index in [1.807, 2.05) is 44.2 Å². The fourth-order valence-corrected chi connectivity index (χ4v) is 1.81. The highest BCUT2D eigenvalue weighted by molar-refractivity contribution is 5.79. The smallest absolute Gasteiger partial charge is 0.121 e. The standard InChI is InChI=1S/C15H19NO2/c1-3-15(17,4-2)11-18-13-8-7-12-6-5-9-16-14(12)10-13/h5-10,17H,3-4,11H2,1-2H3. The highest BCUT2D eigenvalue weighted by Gasteiger charge is 2.23.